The minimum absolute atomic E-state index is 0.123. The van der Waals surface area contributed by atoms with Crippen molar-refractivity contribution in [2.24, 2.45) is 5.73 Å². The molecule has 4 N–H and O–H groups in total. The largest absolute Gasteiger partial charge is 0.379 e. The van der Waals surface area contributed by atoms with E-state index >= 15 is 0 Å². The molecule has 0 radical (unpaired) electrons. The fourth-order valence-electron chi connectivity index (χ4n) is 3.19. The highest BCUT2D eigenvalue weighted by atomic mass is 16.5. The predicted molar refractivity (Wildman–Crippen MR) is 113 cm³/mol. The minimum atomic E-state index is -0.354. The number of hydrogen-bond donors (Lipinski definition) is 3. The smallest absolute Gasteiger partial charge is 0.251 e. The molecule has 1 saturated heterocycles. The van der Waals surface area contributed by atoms with E-state index in [0.717, 1.165) is 38.4 Å². The molecule has 1 aliphatic rings. The van der Waals surface area contributed by atoms with E-state index in [4.69, 9.17) is 10.5 Å². The van der Waals surface area contributed by atoms with Gasteiger partial charge in [-0.05, 0) is 29.8 Å². The van der Waals surface area contributed by atoms with Gasteiger partial charge in [-0.1, -0.05) is 30.3 Å². The van der Waals surface area contributed by atoms with E-state index < -0.39 is 0 Å². The summed E-state index contributed by atoms with van der Waals surface area (Å²) in [6.45, 7) is 4.70. The number of nitrogens with one attached hydrogen (secondary N) is 2. The number of hydrogen-bond acceptors (Lipinski definition) is 5. The summed E-state index contributed by atoms with van der Waals surface area (Å²) in [6.07, 6.45) is 0.188. The second-order valence-electron chi connectivity index (χ2n) is 7.06. The van der Waals surface area contributed by atoms with Crippen molar-refractivity contribution >= 4 is 17.5 Å². The number of nitrogens with zero attached hydrogens (tertiary/aromatic N) is 1. The van der Waals surface area contributed by atoms with E-state index in [1.54, 1.807) is 24.3 Å². The molecule has 1 heterocycles. The lowest BCUT2D eigenvalue weighted by atomic mass is 10.0. The average Bonchev–Trinajstić information content (AvgIpc) is 2.75. The number of nitrogens with two attached hydrogens (primary N) is 1. The summed E-state index contributed by atoms with van der Waals surface area (Å²) in [4.78, 5) is 26.8. The lowest BCUT2D eigenvalue weighted by Crippen LogP contribution is -2.41. The zero-order valence-corrected chi connectivity index (χ0v) is 16.5. The third-order valence-electron chi connectivity index (χ3n) is 4.88. The molecule has 154 valence electrons. The molecule has 0 saturated carbocycles. The third kappa shape index (κ3) is 6.67. The van der Waals surface area contributed by atoms with Gasteiger partial charge in [0, 0.05) is 49.9 Å². The van der Waals surface area contributed by atoms with Crippen molar-refractivity contribution in [1.29, 1.82) is 0 Å². The highest BCUT2D eigenvalue weighted by Gasteiger charge is 2.13. The zero-order valence-electron chi connectivity index (χ0n) is 16.5. The van der Waals surface area contributed by atoms with Crippen LogP contribution >= 0.6 is 0 Å². The van der Waals surface area contributed by atoms with Gasteiger partial charge < -0.3 is 21.1 Å². The van der Waals surface area contributed by atoms with Crippen molar-refractivity contribution in [1.82, 2.24) is 10.2 Å². The minimum Gasteiger partial charge on any atom is -0.379 e. The van der Waals surface area contributed by atoms with Gasteiger partial charge in [-0.2, -0.15) is 0 Å². The quantitative estimate of drug-likeness (QED) is 0.632. The number of carbonyl (C=O) groups excluding carboxylic acids is 2. The third-order valence-corrected chi connectivity index (χ3v) is 4.88. The van der Waals surface area contributed by atoms with E-state index in [-0.39, 0.29) is 24.3 Å². The number of ether oxygens (including phenoxy) is 1. The molecule has 0 aromatic heterocycles. The fourth-order valence-corrected chi connectivity index (χ4v) is 3.19. The number of carbonyl (C=O) groups is 2. The Morgan fingerprint density at radius 2 is 1.72 bits per heavy atom. The maximum atomic E-state index is 12.3. The van der Waals surface area contributed by atoms with Crippen LogP contribution in [-0.4, -0.2) is 56.1 Å². The first-order chi connectivity index (χ1) is 14.1. The number of benzene rings is 2. The molecule has 0 spiro atoms. The van der Waals surface area contributed by atoms with Crippen molar-refractivity contribution in [3.05, 3.63) is 65.7 Å². The number of anilines is 1. The van der Waals surface area contributed by atoms with Gasteiger partial charge in [0.2, 0.25) is 5.91 Å². The van der Waals surface area contributed by atoms with Crippen LogP contribution in [0.3, 0.4) is 0 Å². The van der Waals surface area contributed by atoms with Crippen LogP contribution in [0.4, 0.5) is 5.69 Å². The normalized spacial score (nSPS) is 15.5. The SMILES string of the molecule is NC(CC(=O)Nc1ccc(C(=O)NCCN2CCOCC2)cc1)c1ccccc1. The molecule has 1 fully saturated rings. The Balaban J connectivity index is 1.42. The molecule has 2 aromatic rings. The van der Waals surface area contributed by atoms with E-state index in [2.05, 4.69) is 15.5 Å². The summed E-state index contributed by atoms with van der Waals surface area (Å²) in [5.74, 6) is -0.286. The maximum absolute atomic E-state index is 12.3. The lowest BCUT2D eigenvalue weighted by molar-refractivity contribution is -0.116. The summed E-state index contributed by atoms with van der Waals surface area (Å²) >= 11 is 0. The van der Waals surface area contributed by atoms with Crippen molar-refractivity contribution in [2.45, 2.75) is 12.5 Å². The number of amides is 2. The van der Waals surface area contributed by atoms with Crippen LogP contribution in [-0.2, 0) is 9.53 Å². The zero-order chi connectivity index (χ0) is 20.5. The molecule has 2 aromatic carbocycles. The molecule has 2 amide bonds. The van der Waals surface area contributed by atoms with Crippen LogP contribution < -0.4 is 16.4 Å². The molecule has 1 unspecified atom stereocenters. The highest BCUT2D eigenvalue weighted by molar-refractivity contribution is 5.95. The monoisotopic (exact) mass is 396 g/mol. The van der Waals surface area contributed by atoms with Crippen LogP contribution in [0.1, 0.15) is 28.4 Å². The topological polar surface area (TPSA) is 96.7 Å². The second-order valence-corrected chi connectivity index (χ2v) is 7.06. The van der Waals surface area contributed by atoms with Crippen molar-refractivity contribution in [3.8, 4) is 0 Å². The van der Waals surface area contributed by atoms with Gasteiger partial charge in [0.05, 0.1) is 13.2 Å². The summed E-state index contributed by atoms with van der Waals surface area (Å²) in [5.41, 5.74) is 8.21. The molecule has 7 nitrogen and oxygen atoms in total. The standard InChI is InChI=1S/C22H28N4O3/c23-20(17-4-2-1-3-5-17)16-21(27)25-19-8-6-18(7-9-19)22(28)24-10-11-26-12-14-29-15-13-26/h1-9,20H,10-16,23H2,(H,24,28)(H,25,27). The Morgan fingerprint density at radius 3 is 2.41 bits per heavy atom. The van der Waals surface area contributed by atoms with E-state index in [1.165, 1.54) is 0 Å². The molecule has 29 heavy (non-hydrogen) atoms. The molecular weight excluding hydrogens is 368 g/mol. The molecule has 1 aliphatic heterocycles. The summed E-state index contributed by atoms with van der Waals surface area (Å²) in [6, 6.07) is 16.0. The van der Waals surface area contributed by atoms with Gasteiger partial charge in [-0.25, -0.2) is 0 Å². The number of morpholine rings is 1. The number of rotatable bonds is 8. The first-order valence-electron chi connectivity index (χ1n) is 9.90. The highest BCUT2D eigenvalue weighted by Crippen LogP contribution is 2.15. The van der Waals surface area contributed by atoms with Gasteiger partial charge in [0.15, 0.2) is 0 Å². The molecule has 7 heteroatoms. The van der Waals surface area contributed by atoms with Crippen molar-refractivity contribution < 1.29 is 14.3 Å². The van der Waals surface area contributed by atoms with Crippen LogP contribution in [0.5, 0.6) is 0 Å². The van der Waals surface area contributed by atoms with E-state index in [1.807, 2.05) is 30.3 Å². The maximum Gasteiger partial charge on any atom is 0.251 e. The van der Waals surface area contributed by atoms with Crippen LogP contribution in [0.2, 0.25) is 0 Å². The van der Waals surface area contributed by atoms with Gasteiger partial charge in [-0.15, -0.1) is 0 Å². The van der Waals surface area contributed by atoms with Gasteiger partial charge in [0.1, 0.15) is 0 Å². The first kappa shape index (κ1) is 21.0. The summed E-state index contributed by atoms with van der Waals surface area (Å²) in [7, 11) is 0. The Kier molecular flexibility index (Phi) is 7.75. The molecule has 3 rings (SSSR count). The van der Waals surface area contributed by atoms with E-state index in [0.29, 0.717) is 17.8 Å². The molecular formula is C22H28N4O3. The molecule has 1 atom stereocenters. The Morgan fingerprint density at radius 1 is 1.03 bits per heavy atom. The first-order valence-corrected chi connectivity index (χ1v) is 9.90. The summed E-state index contributed by atoms with van der Waals surface area (Å²) in [5, 5.41) is 5.75. The Bertz CT molecular complexity index is 789. The van der Waals surface area contributed by atoms with E-state index in [9.17, 15) is 9.59 Å². The van der Waals surface area contributed by atoms with Crippen LogP contribution in [0.25, 0.3) is 0 Å². The Hall–Kier alpha value is -2.74. The molecule has 0 aliphatic carbocycles. The van der Waals surface area contributed by atoms with Gasteiger partial charge in [-0.3, -0.25) is 14.5 Å². The Labute approximate surface area is 171 Å². The van der Waals surface area contributed by atoms with Crippen LogP contribution in [0, 0.1) is 0 Å². The van der Waals surface area contributed by atoms with Gasteiger partial charge >= 0.3 is 0 Å². The fraction of sp³-hybridized carbons (Fsp3) is 0.364. The summed E-state index contributed by atoms with van der Waals surface area (Å²) < 4.78 is 5.31. The lowest BCUT2D eigenvalue weighted by Gasteiger charge is -2.26. The van der Waals surface area contributed by atoms with Crippen molar-refractivity contribution in [3.63, 3.8) is 0 Å². The van der Waals surface area contributed by atoms with Crippen LogP contribution in [0.15, 0.2) is 54.6 Å². The van der Waals surface area contributed by atoms with Crippen molar-refractivity contribution in [2.75, 3.05) is 44.7 Å². The molecule has 0 bridgehead atoms. The predicted octanol–water partition coefficient (Wildman–Crippen LogP) is 1.78. The average molecular weight is 396 g/mol. The van der Waals surface area contributed by atoms with Gasteiger partial charge in [0.25, 0.3) is 5.91 Å². The second kappa shape index (κ2) is 10.7.